The van der Waals surface area contributed by atoms with Gasteiger partial charge in [-0.15, -0.1) is 0 Å². The summed E-state index contributed by atoms with van der Waals surface area (Å²) in [6.45, 7) is 0. The zero-order chi connectivity index (χ0) is 14.8. The zero-order valence-electron chi connectivity index (χ0n) is 9.46. The molecule has 0 fully saturated rings. The normalized spacial score (nSPS) is 11.7. The van der Waals surface area contributed by atoms with Crippen LogP contribution in [0, 0.1) is 0 Å². The summed E-state index contributed by atoms with van der Waals surface area (Å²) in [6, 6.07) is 0.683. The van der Waals surface area contributed by atoms with Crippen LogP contribution >= 0.6 is 0 Å². The first kappa shape index (κ1) is 15.1. The second kappa shape index (κ2) is 5.37. The monoisotopic (exact) mass is 285 g/mol. The first-order chi connectivity index (χ1) is 8.66. The van der Waals surface area contributed by atoms with Crippen molar-refractivity contribution in [2.75, 3.05) is 7.11 Å². The molecule has 9 heteroatoms. The van der Waals surface area contributed by atoms with Crippen LogP contribution in [0.5, 0.6) is 5.75 Å². The van der Waals surface area contributed by atoms with Gasteiger partial charge in [-0.3, -0.25) is 9.78 Å². The maximum atomic E-state index is 12.7. The van der Waals surface area contributed by atoms with Crippen LogP contribution in [-0.2, 0) is 17.4 Å². The summed E-state index contributed by atoms with van der Waals surface area (Å²) in [5.74, 6) is -2.29. The molecule has 0 saturated carbocycles. The standard InChI is InChI=1S/C10H8F5NO3/c1-19-5-2-4(3-6(17)18)16-8(9(11)12)7(5)10(13,14)15/h2,9H,3H2,1H3,(H,17,18). The fourth-order valence-corrected chi connectivity index (χ4v) is 1.44. The quantitative estimate of drug-likeness (QED) is 0.864. The molecule has 0 aliphatic heterocycles. The van der Waals surface area contributed by atoms with Gasteiger partial charge >= 0.3 is 12.1 Å². The average Bonchev–Trinajstić information content (AvgIpc) is 2.25. The Labute approximate surface area is 103 Å². The Morgan fingerprint density at radius 1 is 1.47 bits per heavy atom. The van der Waals surface area contributed by atoms with Crippen LogP contribution in [0.4, 0.5) is 22.0 Å². The number of methoxy groups -OCH3 is 1. The molecule has 0 bridgehead atoms. The van der Waals surface area contributed by atoms with E-state index in [9.17, 15) is 26.7 Å². The number of hydrogen-bond acceptors (Lipinski definition) is 3. The van der Waals surface area contributed by atoms with Crippen molar-refractivity contribution in [2.45, 2.75) is 19.0 Å². The van der Waals surface area contributed by atoms with Gasteiger partial charge in [0.15, 0.2) is 0 Å². The van der Waals surface area contributed by atoms with Crippen molar-refractivity contribution >= 4 is 5.97 Å². The molecule has 1 heterocycles. The Hall–Kier alpha value is -1.93. The summed E-state index contributed by atoms with van der Waals surface area (Å²) < 4.78 is 67.7. The highest BCUT2D eigenvalue weighted by Crippen LogP contribution is 2.41. The van der Waals surface area contributed by atoms with E-state index in [-0.39, 0.29) is 0 Å². The fourth-order valence-electron chi connectivity index (χ4n) is 1.44. The SMILES string of the molecule is COc1cc(CC(=O)O)nc(C(F)F)c1C(F)(F)F. The molecule has 0 spiro atoms. The van der Waals surface area contributed by atoms with E-state index in [4.69, 9.17) is 5.11 Å². The van der Waals surface area contributed by atoms with Crippen molar-refractivity contribution in [2.24, 2.45) is 0 Å². The molecule has 1 N–H and O–H groups in total. The molecular formula is C10H8F5NO3. The highest BCUT2D eigenvalue weighted by molar-refractivity contribution is 5.69. The number of hydrogen-bond donors (Lipinski definition) is 1. The van der Waals surface area contributed by atoms with Crippen LogP contribution in [0.2, 0.25) is 0 Å². The third-order valence-electron chi connectivity index (χ3n) is 2.11. The van der Waals surface area contributed by atoms with Crippen molar-refractivity contribution in [1.82, 2.24) is 4.98 Å². The number of halogens is 5. The minimum atomic E-state index is -5.08. The molecule has 4 nitrogen and oxygen atoms in total. The van der Waals surface area contributed by atoms with Gasteiger partial charge in [0.1, 0.15) is 17.0 Å². The van der Waals surface area contributed by atoms with Crippen molar-refractivity contribution < 1.29 is 36.6 Å². The lowest BCUT2D eigenvalue weighted by atomic mass is 10.1. The fraction of sp³-hybridized carbons (Fsp3) is 0.400. The Kier molecular flexibility index (Phi) is 4.28. The third-order valence-corrected chi connectivity index (χ3v) is 2.11. The van der Waals surface area contributed by atoms with Gasteiger partial charge in [-0.25, -0.2) is 8.78 Å². The number of nitrogens with zero attached hydrogens (tertiary/aromatic N) is 1. The van der Waals surface area contributed by atoms with Crippen molar-refractivity contribution in [1.29, 1.82) is 0 Å². The molecular weight excluding hydrogens is 277 g/mol. The number of aliphatic carboxylic acids is 1. The zero-order valence-corrected chi connectivity index (χ0v) is 9.46. The van der Waals surface area contributed by atoms with Crippen LogP contribution < -0.4 is 4.74 Å². The van der Waals surface area contributed by atoms with E-state index in [0.29, 0.717) is 6.07 Å². The first-order valence-electron chi connectivity index (χ1n) is 4.81. The minimum absolute atomic E-state index is 0.437. The summed E-state index contributed by atoms with van der Waals surface area (Å²) in [6.07, 6.45) is -9.36. The second-order valence-electron chi connectivity index (χ2n) is 3.45. The first-order valence-corrected chi connectivity index (χ1v) is 4.81. The van der Waals surface area contributed by atoms with E-state index in [2.05, 4.69) is 9.72 Å². The molecule has 0 amide bonds. The van der Waals surface area contributed by atoms with Crippen LogP contribution in [-0.4, -0.2) is 23.2 Å². The molecule has 106 valence electrons. The van der Waals surface area contributed by atoms with Gasteiger partial charge in [-0.1, -0.05) is 0 Å². The summed E-state index contributed by atoms with van der Waals surface area (Å²) in [4.78, 5) is 13.5. The third kappa shape index (κ3) is 3.52. The van der Waals surface area contributed by atoms with Crippen LogP contribution in [0.3, 0.4) is 0 Å². The topological polar surface area (TPSA) is 59.4 Å². The van der Waals surface area contributed by atoms with E-state index < -0.39 is 47.7 Å². The highest BCUT2D eigenvalue weighted by atomic mass is 19.4. The van der Waals surface area contributed by atoms with E-state index >= 15 is 0 Å². The number of rotatable bonds is 4. The second-order valence-corrected chi connectivity index (χ2v) is 3.45. The lowest BCUT2D eigenvalue weighted by Crippen LogP contribution is -2.15. The van der Waals surface area contributed by atoms with Crippen LogP contribution in [0.15, 0.2) is 6.07 Å². The molecule has 0 atom stereocenters. The van der Waals surface area contributed by atoms with Crippen molar-refractivity contribution in [3.05, 3.63) is 23.0 Å². The predicted molar refractivity (Wildman–Crippen MR) is 52.1 cm³/mol. The van der Waals surface area contributed by atoms with Crippen LogP contribution in [0.25, 0.3) is 0 Å². The van der Waals surface area contributed by atoms with Crippen molar-refractivity contribution in [3.8, 4) is 5.75 Å². The van der Waals surface area contributed by atoms with Gasteiger partial charge in [0.2, 0.25) is 0 Å². The van der Waals surface area contributed by atoms with E-state index in [1.54, 1.807) is 0 Å². The smallest absolute Gasteiger partial charge is 0.421 e. The molecule has 0 unspecified atom stereocenters. The maximum Gasteiger partial charge on any atom is 0.421 e. The Bertz CT molecular complexity index is 487. The number of carboxylic acid groups (broad SMARTS) is 1. The van der Waals surface area contributed by atoms with Gasteiger partial charge in [0, 0.05) is 6.07 Å². The number of pyridine rings is 1. The molecule has 0 aliphatic carbocycles. The van der Waals surface area contributed by atoms with E-state index in [1.165, 1.54) is 0 Å². The summed E-state index contributed by atoms with van der Waals surface area (Å²) in [7, 11) is 0.865. The molecule has 19 heavy (non-hydrogen) atoms. The Morgan fingerprint density at radius 2 is 2.05 bits per heavy atom. The van der Waals surface area contributed by atoms with E-state index in [0.717, 1.165) is 7.11 Å². The van der Waals surface area contributed by atoms with Gasteiger partial charge in [0.25, 0.3) is 6.43 Å². The number of ether oxygens (including phenoxy) is 1. The summed E-state index contributed by atoms with van der Waals surface area (Å²) >= 11 is 0. The lowest BCUT2D eigenvalue weighted by Gasteiger charge is -2.16. The number of carboxylic acids is 1. The van der Waals surface area contributed by atoms with Gasteiger partial charge in [-0.2, -0.15) is 13.2 Å². The largest absolute Gasteiger partial charge is 0.496 e. The predicted octanol–water partition coefficient (Wildman–Crippen LogP) is 2.67. The van der Waals surface area contributed by atoms with Gasteiger partial charge in [0.05, 0.1) is 19.2 Å². The summed E-state index contributed by atoms with van der Waals surface area (Å²) in [5, 5.41) is 8.50. The minimum Gasteiger partial charge on any atom is -0.496 e. The summed E-state index contributed by atoms with van der Waals surface area (Å²) in [5.41, 5.74) is -3.67. The van der Waals surface area contributed by atoms with Gasteiger partial charge < -0.3 is 9.84 Å². The Morgan fingerprint density at radius 3 is 2.42 bits per heavy atom. The van der Waals surface area contributed by atoms with E-state index in [1.807, 2.05) is 0 Å². The highest BCUT2D eigenvalue weighted by Gasteiger charge is 2.40. The molecule has 0 aliphatic rings. The molecule has 1 rings (SSSR count). The number of alkyl halides is 5. The average molecular weight is 285 g/mol. The van der Waals surface area contributed by atoms with Crippen molar-refractivity contribution in [3.63, 3.8) is 0 Å². The van der Waals surface area contributed by atoms with Gasteiger partial charge in [-0.05, 0) is 0 Å². The molecule has 1 aromatic heterocycles. The molecule has 0 aromatic carbocycles. The van der Waals surface area contributed by atoms with Crippen LogP contribution in [0.1, 0.15) is 23.4 Å². The molecule has 0 saturated heterocycles. The lowest BCUT2D eigenvalue weighted by molar-refractivity contribution is -0.141. The molecule has 1 aromatic rings. The number of aromatic nitrogens is 1. The number of carbonyl (C=O) groups is 1. The molecule has 0 radical (unpaired) electrons. The maximum absolute atomic E-state index is 12.7. The Balaban J connectivity index is 3.49.